The molecule has 0 aromatic carbocycles. The van der Waals surface area contributed by atoms with Crippen molar-refractivity contribution < 1.29 is 4.79 Å². The van der Waals surface area contributed by atoms with Crippen LogP contribution in [0.4, 0.5) is 11.8 Å². The normalized spacial score (nSPS) is 15.6. The molecule has 7 heteroatoms. The molecule has 0 spiro atoms. The first kappa shape index (κ1) is 12.5. The van der Waals surface area contributed by atoms with Gasteiger partial charge in [0.2, 0.25) is 12.4 Å². The second-order valence-corrected chi connectivity index (χ2v) is 4.19. The molecule has 0 bridgehead atoms. The van der Waals surface area contributed by atoms with Crippen LogP contribution in [0.25, 0.3) is 0 Å². The summed E-state index contributed by atoms with van der Waals surface area (Å²) >= 11 is 0. The van der Waals surface area contributed by atoms with E-state index in [2.05, 4.69) is 32.3 Å². The van der Waals surface area contributed by atoms with Gasteiger partial charge in [-0.05, 0) is 6.42 Å². The van der Waals surface area contributed by atoms with Gasteiger partial charge < -0.3 is 15.1 Å². The smallest absolute Gasteiger partial charge is 0.244 e. The van der Waals surface area contributed by atoms with Crippen molar-refractivity contribution in [3.63, 3.8) is 0 Å². The van der Waals surface area contributed by atoms with Crippen molar-refractivity contribution in [2.75, 3.05) is 42.9 Å². The van der Waals surface area contributed by atoms with Crippen LogP contribution in [-0.2, 0) is 4.79 Å². The number of carbonyl (C=O) groups is 1. The fraction of sp³-hybridized carbons (Fsp3) is 0.636. The Morgan fingerprint density at radius 2 is 2.17 bits per heavy atom. The first-order chi connectivity index (χ1) is 8.83. The molecule has 18 heavy (non-hydrogen) atoms. The Hall–Kier alpha value is -1.92. The van der Waals surface area contributed by atoms with Gasteiger partial charge >= 0.3 is 0 Å². The Morgan fingerprint density at radius 1 is 1.39 bits per heavy atom. The van der Waals surface area contributed by atoms with E-state index in [-0.39, 0.29) is 0 Å². The van der Waals surface area contributed by atoms with Crippen LogP contribution in [0.3, 0.4) is 0 Å². The fourth-order valence-corrected chi connectivity index (χ4v) is 1.82. The van der Waals surface area contributed by atoms with E-state index in [4.69, 9.17) is 0 Å². The zero-order chi connectivity index (χ0) is 12.8. The standard InChI is InChI=1S/C11H18N6O/c1-2-3-12-11-14-10(8-13-15-11)17-6-4-16(9-18)5-7-17/h8-9H,2-7H2,1H3,(H,12,14,15). The lowest BCUT2D eigenvalue weighted by Gasteiger charge is -2.33. The molecular formula is C11H18N6O. The summed E-state index contributed by atoms with van der Waals surface area (Å²) < 4.78 is 0. The molecule has 98 valence electrons. The van der Waals surface area contributed by atoms with Crippen molar-refractivity contribution >= 4 is 18.2 Å². The van der Waals surface area contributed by atoms with Crippen LogP contribution in [0.1, 0.15) is 13.3 Å². The molecule has 0 atom stereocenters. The average molecular weight is 250 g/mol. The van der Waals surface area contributed by atoms with E-state index in [1.54, 1.807) is 11.1 Å². The van der Waals surface area contributed by atoms with Crippen molar-refractivity contribution in [1.29, 1.82) is 0 Å². The number of piperazine rings is 1. The minimum Gasteiger partial charge on any atom is -0.353 e. The van der Waals surface area contributed by atoms with E-state index < -0.39 is 0 Å². The third-order valence-corrected chi connectivity index (χ3v) is 2.87. The molecule has 1 aromatic heterocycles. The molecule has 1 fully saturated rings. The fourth-order valence-electron chi connectivity index (χ4n) is 1.82. The lowest BCUT2D eigenvalue weighted by atomic mass is 10.3. The Labute approximate surface area is 106 Å². The monoisotopic (exact) mass is 250 g/mol. The summed E-state index contributed by atoms with van der Waals surface area (Å²) in [7, 11) is 0. The molecule has 1 aliphatic rings. The van der Waals surface area contributed by atoms with Gasteiger partial charge in [0.25, 0.3) is 0 Å². The van der Waals surface area contributed by atoms with Gasteiger partial charge in [-0.1, -0.05) is 6.92 Å². The van der Waals surface area contributed by atoms with Crippen LogP contribution < -0.4 is 10.2 Å². The zero-order valence-corrected chi connectivity index (χ0v) is 10.5. The number of rotatable bonds is 5. The Balaban J connectivity index is 1.98. The van der Waals surface area contributed by atoms with Gasteiger partial charge in [0.05, 0.1) is 6.20 Å². The van der Waals surface area contributed by atoms with E-state index in [9.17, 15) is 4.79 Å². The minimum absolute atomic E-state index is 0.562. The predicted molar refractivity (Wildman–Crippen MR) is 68.5 cm³/mol. The highest BCUT2D eigenvalue weighted by Gasteiger charge is 2.17. The Morgan fingerprint density at radius 3 is 2.83 bits per heavy atom. The molecule has 1 aliphatic heterocycles. The quantitative estimate of drug-likeness (QED) is 0.740. The number of amides is 1. The number of carbonyl (C=O) groups excluding carboxylic acids is 1. The van der Waals surface area contributed by atoms with Gasteiger partial charge in [0, 0.05) is 32.7 Å². The van der Waals surface area contributed by atoms with Gasteiger partial charge in [-0.3, -0.25) is 4.79 Å². The third kappa shape index (κ3) is 3.06. The molecule has 1 aromatic rings. The summed E-state index contributed by atoms with van der Waals surface area (Å²) in [6, 6.07) is 0. The van der Waals surface area contributed by atoms with Crippen LogP contribution in [0, 0.1) is 0 Å². The molecule has 2 heterocycles. The van der Waals surface area contributed by atoms with E-state index in [0.717, 1.165) is 51.4 Å². The molecule has 1 N–H and O–H groups in total. The number of nitrogens with zero attached hydrogens (tertiary/aromatic N) is 5. The summed E-state index contributed by atoms with van der Waals surface area (Å²) in [5, 5.41) is 11.0. The van der Waals surface area contributed by atoms with Crippen molar-refractivity contribution in [3.05, 3.63) is 6.20 Å². The van der Waals surface area contributed by atoms with Crippen LogP contribution in [0.5, 0.6) is 0 Å². The van der Waals surface area contributed by atoms with Gasteiger partial charge in [0.15, 0.2) is 5.82 Å². The summed E-state index contributed by atoms with van der Waals surface area (Å²) in [4.78, 5) is 18.9. The van der Waals surface area contributed by atoms with Crippen LogP contribution in [0.2, 0.25) is 0 Å². The molecule has 7 nitrogen and oxygen atoms in total. The highest BCUT2D eigenvalue weighted by Crippen LogP contribution is 2.12. The van der Waals surface area contributed by atoms with Crippen molar-refractivity contribution in [1.82, 2.24) is 20.1 Å². The van der Waals surface area contributed by atoms with E-state index in [1.165, 1.54) is 0 Å². The van der Waals surface area contributed by atoms with Crippen molar-refractivity contribution in [3.8, 4) is 0 Å². The number of hydrogen-bond donors (Lipinski definition) is 1. The highest BCUT2D eigenvalue weighted by molar-refractivity contribution is 5.49. The maximum Gasteiger partial charge on any atom is 0.244 e. The SMILES string of the molecule is CCCNc1nncc(N2CCN(C=O)CC2)n1. The number of nitrogens with one attached hydrogen (secondary N) is 1. The van der Waals surface area contributed by atoms with Crippen LogP contribution in [-0.4, -0.2) is 59.2 Å². The average Bonchev–Trinajstić information content (AvgIpc) is 2.45. The highest BCUT2D eigenvalue weighted by atomic mass is 16.1. The van der Waals surface area contributed by atoms with E-state index in [1.807, 2.05) is 0 Å². The maximum atomic E-state index is 10.6. The van der Waals surface area contributed by atoms with E-state index in [0.29, 0.717) is 5.95 Å². The second-order valence-electron chi connectivity index (χ2n) is 4.19. The number of hydrogen-bond acceptors (Lipinski definition) is 6. The Kier molecular flexibility index (Phi) is 4.27. The first-order valence-electron chi connectivity index (χ1n) is 6.21. The molecule has 0 radical (unpaired) electrons. The summed E-state index contributed by atoms with van der Waals surface area (Å²) in [5.74, 6) is 1.38. The first-order valence-corrected chi connectivity index (χ1v) is 6.21. The molecule has 0 unspecified atom stereocenters. The molecule has 0 saturated carbocycles. The lowest BCUT2D eigenvalue weighted by Crippen LogP contribution is -2.46. The zero-order valence-electron chi connectivity index (χ0n) is 10.5. The summed E-state index contributed by atoms with van der Waals surface area (Å²) in [6.07, 6.45) is 3.57. The number of anilines is 2. The third-order valence-electron chi connectivity index (χ3n) is 2.87. The van der Waals surface area contributed by atoms with Gasteiger partial charge in [-0.2, -0.15) is 10.1 Å². The number of aromatic nitrogens is 3. The van der Waals surface area contributed by atoms with Crippen molar-refractivity contribution in [2.24, 2.45) is 0 Å². The van der Waals surface area contributed by atoms with Gasteiger partial charge in [-0.25, -0.2) is 0 Å². The molecular weight excluding hydrogens is 232 g/mol. The predicted octanol–water partition coefficient (Wildman–Crippen LogP) is -0.0281. The largest absolute Gasteiger partial charge is 0.353 e. The molecule has 1 saturated heterocycles. The summed E-state index contributed by atoms with van der Waals surface area (Å²) in [6.45, 7) is 5.94. The second kappa shape index (κ2) is 6.13. The van der Waals surface area contributed by atoms with Crippen LogP contribution in [0.15, 0.2) is 6.20 Å². The molecule has 1 amide bonds. The summed E-state index contributed by atoms with van der Waals surface area (Å²) in [5.41, 5.74) is 0. The van der Waals surface area contributed by atoms with Crippen molar-refractivity contribution in [2.45, 2.75) is 13.3 Å². The topological polar surface area (TPSA) is 74.2 Å². The maximum absolute atomic E-state index is 10.6. The Bertz CT molecular complexity index is 391. The van der Waals surface area contributed by atoms with Gasteiger partial charge in [0.1, 0.15) is 0 Å². The lowest BCUT2D eigenvalue weighted by molar-refractivity contribution is -0.118. The van der Waals surface area contributed by atoms with E-state index >= 15 is 0 Å². The molecule has 0 aliphatic carbocycles. The minimum atomic E-state index is 0.562. The van der Waals surface area contributed by atoms with Crippen LogP contribution >= 0.6 is 0 Å². The molecule has 2 rings (SSSR count). The van der Waals surface area contributed by atoms with Gasteiger partial charge in [-0.15, -0.1) is 5.10 Å².